The first-order valence-corrected chi connectivity index (χ1v) is 8.94. The van der Waals surface area contributed by atoms with Crippen LogP contribution in [0.4, 0.5) is 26.3 Å². The summed E-state index contributed by atoms with van der Waals surface area (Å²) in [6.45, 7) is 1.38. The van der Waals surface area contributed by atoms with Gasteiger partial charge in [-0.3, -0.25) is 0 Å². The van der Waals surface area contributed by atoms with Crippen LogP contribution in [-0.2, 0) is 11.0 Å². The number of methoxy groups -OCH3 is 1. The van der Waals surface area contributed by atoms with Crippen LogP contribution in [0.25, 0.3) is 11.1 Å². The molecule has 0 spiro atoms. The van der Waals surface area contributed by atoms with E-state index in [2.05, 4.69) is 5.32 Å². The van der Waals surface area contributed by atoms with Crippen LogP contribution in [0, 0.1) is 0 Å². The number of carboxylic acids is 1. The predicted molar refractivity (Wildman–Crippen MR) is 99.4 cm³/mol. The Balaban J connectivity index is 0.000000423. The minimum atomic E-state index is -5.08. The molecule has 2 N–H and O–H groups in total. The van der Waals surface area contributed by atoms with E-state index in [1.165, 1.54) is 25.3 Å². The molecule has 31 heavy (non-hydrogen) atoms. The van der Waals surface area contributed by atoms with Gasteiger partial charge in [-0.05, 0) is 29.8 Å². The van der Waals surface area contributed by atoms with Crippen molar-refractivity contribution in [3.05, 3.63) is 47.0 Å². The van der Waals surface area contributed by atoms with E-state index in [4.69, 9.17) is 31.0 Å². The third-order valence-corrected chi connectivity index (χ3v) is 4.37. The largest absolute Gasteiger partial charge is 0.493 e. The first-order chi connectivity index (χ1) is 14.3. The summed E-state index contributed by atoms with van der Waals surface area (Å²) in [7, 11) is 1.48. The fourth-order valence-electron chi connectivity index (χ4n) is 2.50. The third kappa shape index (κ3) is 6.41. The Morgan fingerprint density at radius 1 is 1.10 bits per heavy atom. The van der Waals surface area contributed by atoms with Crippen molar-refractivity contribution in [1.29, 1.82) is 0 Å². The number of aliphatic carboxylic acids is 1. The van der Waals surface area contributed by atoms with Gasteiger partial charge in [0.1, 0.15) is 6.10 Å². The van der Waals surface area contributed by atoms with Crippen molar-refractivity contribution in [1.82, 2.24) is 5.32 Å². The molecule has 1 fully saturated rings. The third-order valence-electron chi connectivity index (χ3n) is 4.05. The molecule has 170 valence electrons. The number of hydrogen-bond donors (Lipinski definition) is 2. The molecule has 3 rings (SSSR count). The summed E-state index contributed by atoms with van der Waals surface area (Å²) in [5.74, 6) is -1.90. The van der Waals surface area contributed by atoms with Crippen molar-refractivity contribution in [3.63, 3.8) is 0 Å². The zero-order valence-corrected chi connectivity index (χ0v) is 16.5. The lowest BCUT2D eigenvalue weighted by atomic mass is 9.98. The molecule has 0 bridgehead atoms. The lowest BCUT2D eigenvalue weighted by Crippen LogP contribution is -2.50. The number of carbonyl (C=O) groups is 1. The lowest BCUT2D eigenvalue weighted by molar-refractivity contribution is -0.192. The van der Waals surface area contributed by atoms with E-state index in [1.54, 1.807) is 12.1 Å². The monoisotopic (exact) mass is 471 g/mol. The van der Waals surface area contributed by atoms with Gasteiger partial charge < -0.3 is 19.9 Å². The van der Waals surface area contributed by atoms with Crippen LogP contribution in [0.2, 0.25) is 5.02 Å². The van der Waals surface area contributed by atoms with Crippen LogP contribution >= 0.6 is 11.6 Å². The average Bonchev–Trinajstić information content (AvgIpc) is 2.63. The van der Waals surface area contributed by atoms with Gasteiger partial charge in [0, 0.05) is 23.7 Å². The maximum atomic E-state index is 13.3. The van der Waals surface area contributed by atoms with E-state index < -0.39 is 23.9 Å². The van der Waals surface area contributed by atoms with Crippen LogP contribution in [-0.4, -0.2) is 43.6 Å². The van der Waals surface area contributed by atoms with Gasteiger partial charge in [0.15, 0.2) is 11.5 Å². The smallest absolute Gasteiger partial charge is 0.490 e. The van der Waals surface area contributed by atoms with Crippen LogP contribution < -0.4 is 14.8 Å². The SMILES string of the molecule is COc1ccc(-c2c(Cl)cccc2C(F)(F)F)cc1OC1CNC1.O=C(O)C(F)(F)F. The van der Waals surface area contributed by atoms with E-state index in [0.29, 0.717) is 30.2 Å². The topological polar surface area (TPSA) is 67.8 Å². The normalized spacial score (nSPS) is 14.2. The highest BCUT2D eigenvalue weighted by Gasteiger charge is 2.38. The second-order valence-electron chi connectivity index (χ2n) is 6.23. The standard InChI is InChI=1S/C17H15ClF3NO2.C2HF3O2/c1-23-14-6-5-10(7-15(14)24-11-8-22-9-11)16-12(17(19,20)21)3-2-4-13(16)18;3-2(4,5)1(6)7/h2-7,11,22H,8-9H2,1H3;(H,6,7). The second kappa shape index (κ2) is 9.65. The first kappa shape index (κ1) is 24.6. The molecule has 0 amide bonds. The fraction of sp³-hybridized carbons (Fsp3) is 0.316. The number of halogens is 7. The van der Waals surface area contributed by atoms with E-state index in [1.807, 2.05) is 0 Å². The summed E-state index contributed by atoms with van der Waals surface area (Å²) in [6, 6.07) is 8.40. The Morgan fingerprint density at radius 2 is 1.71 bits per heavy atom. The molecule has 0 unspecified atom stereocenters. The van der Waals surface area contributed by atoms with Crippen molar-refractivity contribution in [3.8, 4) is 22.6 Å². The quantitative estimate of drug-likeness (QED) is 0.613. The molecule has 12 heteroatoms. The molecule has 0 saturated carbocycles. The van der Waals surface area contributed by atoms with Gasteiger partial charge in [-0.25, -0.2) is 4.79 Å². The molecule has 2 aromatic carbocycles. The van der Waals surface area contributed by atoms with Crippen molar-refractivity contribution < 1.29 is 45.7 Å². The summed E-state index contributed by atoms with van der Waals surface area (Å²) in [5.41, 5.74) is -0.515. The van der Waals surface area contributed by atoms with Gasteiger partial charge in [-0.1, -0.05) is 23.7 Å². The summed E-state index contributed by atoms with van der Waals surface area (Å²) in [5, 5.41) is 10.2. The molecule has 1 saturated heterocycles. The molecular formula is C19H16ClF6NO4. The molecule has 2 aromatic rings. The minimum absolute atomic E-state index is 0.0255. The van der Waals surface area contributed by atoms with Crippen molar-refractivity contribution >= 4 is 17.6 Å². The summed E-state index contributed by atoms with van der Waals surface area (Å²) in [4.78, 5) is 8.90. The maximum absolute atomic E-state index is 13.3. The zero-order chi connectivity index (χ0) is 23.4. The molecule has 5 nitrogen and oxygen atoms in total. The second-order valence-corrected chi connectivity index (χ2v) is 6.63. The van der Waals surface area contributed by atoms with Crippen molar-refractivity contribution in [2.75, 3.05) is 20.2 Å². The van der Waals surface area contributed by atoms with Crippen LogP contribution in [0.3, 0.4) is 0 Å². The van der Waals surface area contributed by atoms with Gasteiger partial charge in [0.2, 0.25) is 0 Å². The molecule has 0 atom stereocenters. The van der Waals surface area contributed by atoms with E-state index >= 15 is 0 Å². The van der Waals surface area contributed by atoms with Gasteiger partial charge >= 0.3 is 18.3 Å². The number of ether oxygens (including phenoxy) is 2. The molecule has 0 aliphatic carbocycles. The average molecular weight is 472 g/mol. The van der Waals surface area contributed by atoms with Crippen molar-refractivity contribution in [2.24, 2.45) is 0 Å². The van der Waals surface area contributed by atoms with Gasteiger partial charge in [0.25, 0.3) is 0 Å². The number of alkyl halides is 6. The highest BCUT2D eigenvalue weighted by molar-refractivity contribution is 6.33. The first-order valence-electron chi connectivity index (χ1n) is 8.56. The Bertz CT molecular complexity index is 929. The Kier molecular flexibility index (Phi) is 7.66. The lowest BCUT2D eigenvalue weighted by Gasteiger charge is -2.28. The molecule has 0 aromatic heterocycles. The zero-order valence-electron chi connectivity index (χ0n) is 15.8. The van der Waals surface area contributed by atoms with E-state index in [9.17, 15) is 26.3 Å². The van der Waals surface area contributed by atoms with Crippen molar-refractivity contribution in [2.45, 2.75) is 18.5 Å². The van der Waals surface area contributed by atoms with Crippen LogP contribution in [0.5, 0.6) is 11.5 Å². The molecule has 1 heterocycles. The number of benzene rings is 2. The number of rotatable bonds is 4. The van der Waals surface area contributed by atoms with E-state index in [-0.39, 0.29) is 16.7 Å². The van der Waals surface area contributed by atoms with Gasteiger partial charge in [0.05, 0.1) is 12.7 Å². The Hall–Kier alpha value is -2.66. The molecular weight excluding hydrogens is 456 g/mol. The van der Waals surface area contributed by atoms with Gasteiger partial charge in [-0.15, -0.1) is 0 Å². The van der Waals surface area contributed by atoms with Gasteiger partial charge in [-0.2, -0.15) is 26.3 Å². The Morgan fingerprint density at radius 3 is 2.16 bits per heavy atom. The maximum Gasteiger partial charge on any atom is 0.490 e. The fourth-order valence-corrected chi connectivity index (χ4v) is 2.79. The van der Waals surface area contributed by atoms with E-state index in [0.717, 1.165) is 6.07 Å². The number of hydrogen-bond acceptors (Lipinski definition) is 4. The number of nitrogens with one attached hydrogen (secondary N) is 1. The summed E-state index contributed by atoms with van der Waals surface area (Å²) < 4.78 is 82.7. The number of carboxylic acid groups (broad SMARTS) is 1. The summed E-state index contributed by atoms with van der Waals surface area (Å²) in [6.07, 6.45) is -9.61. The predicted octanol–water partition coefficient (Wildman–Crippen LogP) is 5.02. The molecule has 1 aliphatic rings. The Labute approximate surface area is 177 Å². The van der Waals surface area contributed by atoms with Crippen LogP contribution in [0.15, 0.2) is 36.4 Å². The molecule has 0 radical (unpaired) electrons. The minimum Gasteiger partial charge on any atom is -0.493 e. The highest BCUT2D eigenvalue weighted by atomic mass is 35.5. The highest BCUT2D eigenvalue weighted by Crippen LogP contribution is 2.43. The summed E-state index contributed by atoms with van der Waals surface area (Å²) >= 11 is 6.06. The molecule has 1 aliphatic heterocycles. The van der Waals surface area contributed by atoms with Crippen LogP contribution in [0.1, 0.15) is 5.56 Å².